The van der Waals surface area contributed by atoms with E-state index in [2.05, 4.69) is 190 Å². The molecule has 0 fully saturated rings. The molecular weight excluding hydrogens is 703 g/mol. The zero-order valence-corrected chi connectivity index (χ0v) is 33.7. The summed E-state index contributed by atoms with van der Waals surface area (Å²) in [5.74, 6) is 0. The summed E-state index contributed by atoms with van der Waals surface area (Å²) in [4.78, 5) is 0. The van der Waals surface area contributed by atoms with Crippen LogP contribution in [0.4, 0.5) is 0 Å². The van der Waals surface area contributed by atoms with E-state index in [0.717, 1.165) is 16.6 Å². The maximum Gasteiger partial charge on any atom is 0.252 e. The second-order valence-electron chi connectivity index (χ2n) is 19.0. The minimum Gasteiger partial charge on any atom is -0.455 e. The average Bonchev–Trinajstić information content (AvgIpc) is 3.87. The van der Waals surface area contributed by atoms with Crippen LogP contribution in [0.2, 0.25) is 0 Å². The molecule has 0 unspecified atom stereocenters. The molecule has 0 bridgehead atoms. The predicted molar refractivity (Wildman–Crippen MR) is 247 cm³/mol. The van der Waals surface area contributed by atoms with Crippen molar-refractivity contribution in [2.45, 2.75) is 52.4 Å². The molecule has 0 radical (unpaired) electrons. The highest BCUT2D eigenvalue weighted by Crippen LogP contribution is 2.46. The number of furan rings is 1. The number of benzene rings is 8. The first-order valence-electron chi connectivity index (χ1n) is 20.7. The molecule has 0 saturated heterocycles. The monoisotopic (exact) mass is 744 g/mol. The zero-order chi connectivity index (χ0) is 39.0. The second-order valence-corrected chi connectivity index (χ2v) is 19.0. The Hall–Kier alpha value is -6.52. The minimum atomic E-state index is -0.0509. The molecule has 8 aromatic carbocycles. The fraction of sp³-hybridized carbons (Fsp3) is 0.148. The van der Waals surface area contributed by atoms with Gasteiger partial charge in [0.05, 0.1) is 21.9 Å². The number of rotatable bonds is 1. The molecule has 5 heterocycles. The molecule has 0 spiro atoms. The molecule has 58 heavy (non-hydrogen) atoms. The van der Waals surface area contributed by atoms with Gasteiger partial charge in [0.2, 0.25) is 0 Å². The summed E-state index contributed by atoms with van der Waals surface area (Å²) in [6, 6.07) is 52.9. The van der Waals surface area contributed by atoms with Crippen molar-refractivity contribution in [1.29, 1.82) is 0 Å². The number of aromatic nitrogens is 2. The van der Waals surface area contributed by atoms with Crippen molar-refractivity contribution >= 4 is 99.4 Å². The third kappa shape index (κ3) is 4.10. The molecule has 3 aromatic heterocycles. The maximum atomic E-state index is 6.95. The van der Waals surface area contributed by atoms with E-state index in [4.69, 9.17) is 4.42 Å². The number of nitrogens with zero attached hydrogens (tertiary/aromatic N) is 2. The van der Waals surface area contributed by atoms with Crippen LogP contribution in [-0.2, 0) is 10.8 Å². The minimum absolute atomic E-state index is 0.00492. The maximum absolute atomic E-state index is 6.95. The van der Waals surface area contributed by atoms with Crippen molar-refractivity contribution in [3.05, 3.63) is 151 Å². The van der Waals surface area contributed by atoms with E-state index in [1.807, 2.05) is 0 Å². The van der Waals surface area contributed by atoms with E-state index >= 15 is 0 Å². The van der Waals surface area contributed by atoms with Crippen LogP contribution in [0, 0.1) is 0 Å². The topological polar surface area (TPSA) is 23.0 Å². The molecule has 4 heteroatoms. The average molecular weight is 745 g/mol. The van der Waals surface area contributed by atoms with Crippen LogP contribution in [0.15, 0.2) is 144 Å². The van der Waals surface area contributed by atoms with Gasteiger partial charge in [0.25, 0.3) is 6.71 Å². The van der Waals surface area contributed by atoms with Crippen LogP contribution in [0.25, 0.3) is 98.8 Å². The highest BCUT2D eigenvalue weighted by molar-refractivity contribution is 7.00. The number of hydrogen-bond acceptors (Lipinski definition) is 1. The molecule has 2 aliphatic rings. The summed E-state index contributed by atoms with van der Waals surface area (Å²) in [5, 5.41) is 9.90. The van der Waals surface area contributed by atoms with Crippen LogP contribution in [-0.4, -0.2) is 15.8 Å². The number of hydrogen-bond donors (Lipinski definition) is 0. The second kappa shape index (κ2) is 10.7. The van der Waals surface area contributed by atoms with Gasteiger partial charge in [-0.05, 0) is 109 Å². The van der Waals surface area contributed by atoms with Gasteiger partial charge >= 0.3 is 0 Å². The Morgan fingerprint density at radius 3 is 1.88 bits per heavy atom. The summed E-state index contributed by atoms with van der Waals surface area (Å²) in [7, 11) is 0. The number of fused-ring (bicyclic) bond motifs is 15. The van der Waals surface area contributed by atoms with Gasteiger partial charge in [-0.15, -0.1) is 0 Å². The molecule has 2 aliphatic heterocycles. The fourth-order valence-corrected chi connectivity index (χ4v) is 10.7. The van der Waals surface area contributed by atoms with Gasteiger partial charge in [-0.2, -0.15) is 0 Å². The summed E-state index contributed by atoms with van der Waals surface area (Å²) in [6.07, 6.45) is 0. The Balaban J connectivity index is 1.30. The van der Waals surface area contributed by atoms with Crippen LogP contribution >= 0.6 is 0 Å². The first kappa shape index (κ1) is 32.6. The third-order valence-corrected chi connectivity index (χ3v) is 13.5. The van der Waals surface area contributed by atoms with Crippen molar-refractivity contribution < 1.29 is 4.42 Å². The van der Waals surface area contributed by atoms with E-state index < -0.39 is 0 Å². The van der Waals surface area contributed by atoms with Crippen molar-refractivity contribution in [2.75, 3.05) is 0 Å². The first-order valence-corrected chi connectivity index (χ1v) is 20.7. The Kier molecular flexibility index (Phi) is 6.01. The molecule has 0 amide bonds. The molecule has 13 rings (SSSR count). The van der Waals surface area contributed by atoms with E-state index in [0.29, 0.717) is 0 Å². The molecular formula is C54H41BN2O. The lowest BCUT2D eigenvalue weighted by atomic mass is 9.34. The molecule has 0 aliphatic carbocycles. The third-order valence-electron chi connectivity index (χ3n) is 13.5. The summed E-state index contributed by atoms with van der Waals surface area (Å²) in [5.41, 5.74) is 18.7. The largest absolute Gasteiger partial charge is 0.455 e. The first-order chi connectivity index (χ1) is 28.0. The number of para-hydroxylation sites is 1. The van der Waals surface area contributed by atoms with Crippen LogP contribution < -0.4 is 16.4 Å². The molecule has 0 saturated carbocycles. The van der Waals surface area contributed by atoms with Gasteiger partial charge in [0.15, 0.2) is 0 Å². The van der Waals surface area contributed by atoms with Crippen LogP contribution in [0.3, 0.4) is 0 Å². The molecule has 0 atom stereocenters. The van der Waals surface area contributed by atoms with E-state index in [9.17, 15) is 0 Å². The Labute approximate surface area is 337 Å². The summed E-state index contributed by atoms with van der Waals surface area (Å²) < 4.78 is 12.2. The van der Waals surface area contributed by atoms with Crippen molar-refractivity contribution in [2.24, 2.45) is 0 Å². The SMILES string of the molecule is CC(C)(C)c1ccc2c(c1)c1cc(C(C)(C)C)cc3c1n2-c1cc(-c2ccccc2)cc2c1B3c1cc3c4ccccc4oc3c3c4cc5ccccc5cc4n-2c13. The highest BCUT2D eigenvalue weighted by Gasteiger charge is 2.43. The van der Waals surface area contributed by atoms with E-state index in [1.54, 1.807) is 0 Å². The quantitative estimate of drug-likeness (QED) is 0.154. The van der Waals surface area contributed by atoms with Gasteiger partial charge in [0, 0.05) is 43.8 Å². The zero-order valence-electron chi connectivity index (χ0n) is 33.7. The summed E-state index contributed by atoms with van der Waals surface area (Å²) in [6.45, 7) is 14.1. The standard InChI is InChI=1S/C54H41BN2O/c1-53(2,3)34-20-21-43-37(26-34)38-27-35(54(4,5)6)28-41-50(38)56(43)45-24-33(30-14-8-7-9-15-30)25-46-49(45)55(41)42-29-39-36-18-12-13-19-47(36)58-52(39)48-40-22-31-16-10-11-17-32(31)23-44(40)57(46)51(42)48/h7-29H,1-6H3. The predicted octanol–water partition coefficient (Wildman–Crippen LogP) is 12.3. The van der Waals surface area contributed by atoms with Gasteiger partial charge < -0.3 is 13.6 Å². The van der Waals surface area contributed by atoms with Crippen molar-refractivity contribution in [3.8, 4) is 22.5 Å². The van der Waals surface area contributed by atoms with Crippen LogP contribution in [0.1, 0.15) is 52.7 Å². The highest BCUT2D eigenvalue weighted by atomic mass is 16.3. The van der Waals surface area contributed by atoms with Crippen LogP contribution in [0.5, 0.6) is 0 Å². The fourth-order valence-electron chi connectivity index (χ4n) is 10.7. The smallest absolute Gasteiger partial charge is 0.252 e. The van der Waals surface area contributed by atoms with Gasteiger partial charge in [-0.1, -0.05) is 133 Å². The van der Waals surface area contributed by atoms with Gasteiger partial charge in [0.1, 0.15) is 11.2 Å². The van der Waals surface area contributed by atoms with E-state index in [1.165, 1.54) is 110 Å². The normalized spacial score (nSPS) is 13.7. The molecule has 3 nitrogen and oxygen atoms in total. The molecule has 11 aromatic rings. The van der Waals surface area contributed by atoms with E-state index in [-0.39, 0.29) is 17.5 Å². The molecule has 276 valence electrons. The van der Waals surface area contributed by atoms with Crippen molar-refractivity contribution in [1.82, 2.24) is 9.13 Å². The van der Waals surface area contributed by atoms with Gasteiger partial charge in [-0.3, -0.25) is 0 Å². The Morgan fingerprint density at radius 2 is 1.12 bits per heavy atom. The Morgan fingerprint density at radius 1 is 0.466 bits per heavy atom. The van der Waals surface area contributed by atoms with Crippen molar-refractivity contribution in [3.63, 3.8) is 0 Å². The summed E-state index contributed by atoms with van der Waals surface area (Å²) >= 11 is 0. The molecule has 0 N–H and O–H groups in total. The van der Waals surface area contributed by atoms with Gasteiger partial charge in [-0.25, -0.2) is 0 Å². The lowest BCUT2D eigenvalue weighted by Gasteiger charge is -2.35. The lowest BCUT2D eigenvalue weighted by molar-refractivity contribution is 0.590. The lowest BCUT2D eigenvalue weighted by Crippen LogP contribution is -2.59. The Bertz CT molecular complexity index is 3640.